The van der Waals surface area contributed by atoms with E-state index in [9.17, 15) is 21.6 Å². The normalized spacial score (nSPS) is 12.1. The first-order valence-electron chi connectivity index (χ1n) is 3.35. The average molecular weight is 262 g/mol. The van der Waals surface area contributed by atoms with Crippen LogP contribution in [0.15, 0.2) is 11.1 Å². The highest BCUT2D eigenvalue weighted by molar-refractivity contribution is 8.13. The second kappa shape index (κ2) is 3.86. The number of aromatic nitrogens is 1. The second-order valence-corrected chi connectivity index (χ2v) is 4.92. The van der Waals surface area contributed by atoms with Crippen LogP contribution >= 0.6 is 10.7 Å². The van der Waals surface area contributed by atoms with Crippen LogP contribution in [-0.4, -0.2) is 18.5 Å². The van der Waals surface area contributed by atoms with Gasteiger partial charge in [-0.1, -0.05) is 0 Å². The minimum absolute atomic E-state index is 0.377. The van der Waals surface area contributed by atoms with Crippen LogP contribution in [-0.2, 0) is 9.05 Å². The maximum absolute atomic E-state index is 12.9. The van der Waals surface area contributed by atoms with Gasteiger partial charge in [0.15, 0.2) is 0 Å². The largest absolute Gasteiger partial charge is 0.506 e. The SMILES string of the molecule is O=S(=O)(Cl)c1c(F)ncc(O)c1C(F)F. The van der Waals surface area contributed by atoms with Crippen LogP contribution in [0, 0.1) is 5.95 Å². The van der Waals surface area contributed by atoms with Crippen molar-refractivity contribution in [3.05, 3.63) is 17.7 Å². The van der Waals surface area contributed by atoms with Crippen molar-refractivity contribution in [3.8, 4) is 5.75 Å². The third-order valence-corrected chi connectivity index (χ3v) is 2.81. The highest BCUT2D eigenvalue weighted by atomic mass is 35.7. The van der Waals surface area contributed by atoms with E-state index in [4.69, 9.17) is 15.8 Å². The van der Waals surface area contributed by atoms with Crippen molar-refractivity contribution < 1.29 is 26.7 Å². The number of hydrogen-bond acceptors (Lipinski definition) is 4. The molecule has 0 aliphatic heterocycles. The van der Waals surface area contributed by atoms with Crippen LogP contribution in [0.2, 0.25) is 0 Å². The van der Waals surface area contributed by atoms with Gasteiger partial charge < -0.3 is 5.11 Å². The van der Waals surface area contributed by atoms with E-state index in [-0.39, 0.29) is 0 Å². The smallest absolute Gasteiger partial charge is 0.268 e. The Morgan fingerprint density at radius 3 is 2.33 bits per heavy atom. The average Bonchev–Trinajstić information content (AvgIpc) is 2.05. The molecule has 0 spiro atoms. The molecule has 0 saturated heterocycles. The summed E-state index contributed by atoms with van der Waals surface area (Å²) in [5, 5.41) is 8.92. The van der Waals surface area contributed by atoms with Crippen LogP contribution < -0.4 is 0 Å². The van der Waals surface area contributed by atoms with Gasteiger partial charge in [0, 0.05) is 10.7 Å². The van der Waals surface area contributed by atoms with Crippen LogP contribution in [0.25, 0.3) is 0 Å². The summed E-state index contributed by atoms with van der Waals surface area (Å²) in [6.45, 7) is 0. The lowest BCUT2D eigenvalue weighted by Crippen LogP contribution is -2.04. The Morgan fingerprint density at radius 1 is 1.47 bits per heavy atom. The van der Waals surface area contributed by atoms with E-state index in [0.29, 0.717) is 6.20 Å². The van der Waals surface area contributed by atoms with Gasteiger partial charge >= 0.3 is 0 Å². The molecule has 1 heterocycles. The molecular weight excluding hydrogens is 259 g/mol. The number of nitrogens with zero attached hydrogens (tertiary/aromatic N) is 1. The third-order valence-electron chi connectivity index (χ3n) is 1.47. The fraction of sp³-hybridized carbons (Fsp3) is 0.167. The lowest BCUT2D eigenvalue weighted by atomic mass is 10.2. The van der Waals surface area contributed by atoms with E-state index >= 15 is 0 Å². The first-order valence-corrected chi connectivity index (χ1v) is 5.66. The van der Waals surface area contributed by atoms with Crippen molar-refractivity contribution in [2.45, 2.75) is 11.3 Å². The second-order valence-electron chi connectivity index (χ2n) is 2.42. The Labute approximate surface area is 86.7 Å². The fourth-order valence-corrected chi connectivity index (χ4v) is 2.07. The van der Waals surface area contributed by atoms with Gasteiger partial charge in [-0.3, -0.25) is 0 Å². The van der Waals surface area contributed by atoms with Gasteiger partial charge in [0.2, 0.25) is 5.95 Å². The van der Waals surface area contributed by atoms with Gasteiger partial charge in [-0.2, -0.15) is 4.39 Å². The van der Waals surface area contributed by atoms with E-state index in [0.717, 1.165) is 0 Å². The van der Waals surface area contributed by atoms with Crippen LogP contribution in [0.1, 0.15) is 12.0 Å². The van der Waals surface area contributed by atoms with Crippen molar-refractivity contribution in [2.75, 3.05) is 0 Å². The van der Waals surface area contributed by atoms with Gasteiger partial charge in [0.1, 0.15) is 10.6 Å². The van der Waals surface area contributed by atoms with Crippen molar-refractivity contribution >= 4 is 19.7 Å². The zero-order valence-corrected chi connectivity index (χ0v) is 8.36. The van der Waals surface area contributed by atoms with E-state index in [1.54, 1.807) is 0 Å². The number of halogens is 4. The third kappa shape index (κ3) is 2.32. The first-order chi connectivity index (χ1) is 6.75. The molecule has 0 unspecified atom stereocenters. The predicted molar refractivity (Wildman–Crippen MR) is 43.9 cm³/mol. The summed E-state index contributed by atoms with van der Waals surface area (Å²) in [5.41, 5.74) is -1.39. The van der Waals surface area contributed by atoms with E-state index in [1.165, 1.54) is 0 Å². The fourth-order valence-electron chi connectivity index (χ4n) is 0.916. The summed E-state index contributed by atoms with van der Waals surface area (Å²) in [4.78, 5) is 1.27. The van der Waals surface area contributed by atoms with E-state index < -0.39 is 37.6 Å². The van der Waals surface area contributed by atoms with Gasteiger partial charge in [-0.15, -0.1) is 0 Å². The maximum atomic E-state index is 12.9. The molecule has 0 atom stereocenters. The first kappa shape index (κ1) is 12.1. The minimum Gasteiger partial charge on any atom is -0.506 e. The summed E-state index contributed by atoms with van der Waals surface area (Å²) in [7, 11) is -0.00414. The van der Waals surface area contributed by atoms with Gasteiger partial charge in [-0.25, -0.2) is 22.2 Å². The predicted octanol–water partition coefficient (Wildman–Crippen LogP) is 1.79. The molecule has 84 valence electrons. The standard InChI is InChI=1S/C6H3ClF3NO3S/c7-15(13,14)4-3(5(8)9)2(12)1-11-6(4)10/h1,5,12H. The van der Waals surface area contributed by atoms with Gasteiger partial charge in [0.05, 0.1) is 11.8 Å². The van der Waals surface area contributed by atoms with Crippen LogP contribution in [0.3, 0.4) is 0 Å². The molecule has 9 heteroatoms. The highest BCUT2D eigenvalue weighted by Crippen LogP contribution is 2.35. The van der Waals surface area contributed by atoms with E-state index in [2.05, 4.69) is 4.98 Å². The number of alkyl halides is 2. The Kier molecular flexibility index (Phi) is 3.10. The Balaban J connectivity index is 3.68. The minimum atomic E-state index is -4.74. The number of hydrogen-bond donors (Lipinski definition) is 1. The monoisotopic (exact) mass is 261 g/mol. The quantitative estimate of drug-likeness (QED) is 0.651. The molecule has 0 aliphatic carbocycles. The molecule has 0 fully saturated rings. The molecule has 0 aromatic carbocycles. The molecule has 1 rings (SSSR count). The van der Waals surface area contributed by atoms with Crippen molar-refractivity contribution in [3.63, 3.8) is 0 Å². The number of pyridine rings is 1. The summed E-state index contributed by atoms with van der Waals surface area (Å²) in [5.74, 6) is -2.82. The zero-order chi connectivity index (χ0) is 11.8. The summed E-state index contributed by atoms with van der Waals surface area (Å²) in [6, 6.07) is 0. The van der Waals surface area contributed by atoms with Gasteiger partial charge in [-0.05, 0) is 0 Å². The van der Waals surface area contributed by atoms with Crippen LogP contribution in [0.5, 0.6) is 5.75 Å². The van der Waals surface area contributed by atoms with E-state index in [1.807, 2.05) is 0 Å². The maximum Gasteiger partial charge on any atom is 0.268 e. The van der Waals surface area contributed by atoms with Crippen molar-refractivity contribution in [1.29, 1.82) is 0 Å². The Hall–Kier alpha value is -1.02. The molecule has 15 heavy (non-hydrogen) atoms. The molecule has 0 saturated carbocycles. The van der Waals surface area contributed by atoms with Gasteiger partial charge in [0.25, 0.3) is 15.5 Å². The molecule has 1 N–H and O–H groups in total. The summed E-state index contributed by atoms with van der Waals surface area (Å²) in [6.07, 6.45) is -3.01. The van der Waals surface area contributed by atoms with Crippen LogP contribution in [0.4, 0.5) is 13.2 Å². The molecule has 0 radical (unpaired) electrons. The topological polar surface area (TPSA) is 67.3 Å². The molecule has 4 nitrogen and oxygen atoms in total. The van der Waals surface area contributed by atoms with Crippen molar-refractivity contribution in [1.82, 2.24) is 4.98 Å². The highest BCUT2D eigenvalue weighted by Gasteiger charge is 2.30. The molecule has 0 bridgehead atoms. The molecule has 1 aromatic heterocycles. The number of aromatic hydroxyl groups is 1. The lowest BCUT2D eigenvalue weighted by molar-refractivity contribution is 0.142. The molecular formula is C6H3ClF3NO3S. The van der Waals surface area contributed by atoms with Crippen molar-refractivity contribution in [2.24, 2.45) is 0 Å². The Bertz CT molecular complexity index is 491. The Morgan fingerprint density at radius 2 is 2.00 bits per heavy atom. The zero-order valence-electron chi connectivity index (χ0n) is 6.79. The number of rotatable bonds is 2. The lowest BCUT2D eigenvalue weighted by Gasteiger charge is -2.07. The molecule has 0 aliphatic rings. The summed E-state index contributed by atoms with van der Waals surface area (Å²) >= 11 is 0. The molecule has 0 amide bonds. The molecule has 1 aromatic rings. The summed E-state index contributed by atoms with van der Waals surface area (Å²) < 4.78 is 59.1.